The molecule has 3 heteroatoms. The van der Waals surface area contributed by atoms with Crippen LogP contribution in [0.3, 0.4) is 0 Å². The molecule has 2 aromatic carbocycles. The Bertz CT molecular complexity index is 524. The Kier molecular flexibility index (Phi) is 3.19. The van der Waals surface area contributed by atoms with Crippen LogP contribution >= 0.6 is 0 Å². The highest BCUT2D eigenvalue weighted by atomic mass is 16.3. The predicted molar refractivity (Wildman–Crippen MR) is 68.2 cm³/mol. The van der Waals surface area contributed by atoms with Crippen molar-refractivity contribution in [2.75, 3.05) is 0 Å². The number of rotatable bonds is 2. The van der Waals surface area contributed by atoms with Gasteiger partial charge >= 0.3 is 0 Å². The Labute approximate surface area is 100 Å². The lowest BCUT2D eigenvalue weighted by molar-refractivity contribution is 0.475. The van der Waals surface area contributed by atoms with Gasteiger partial charge in [-0.1, -0.05) is 6.07 Å². The van der Waals surface area contributed by atoms with Gasteiger partial charge in [-0.15, -0.1) is 0 Å². The fourth-order valence-electron chi connectivity index (χ4n) is 1.64. The summed E-state index contributed by atoms with van der Waals surface area (Å²) in [5.41, 5.74) is 3.91. The van der Waals surface area contributed by atoms with Crippen LogP contribution < -0.4 is 0 Å². The molecule has 0 aromatic heterocycles. The van der Waals surface area contributed by atoms with Crippen molar-refractivity contribution >= 4 is 11.4 Å². The second kappa shape index (κ2) is 4.78. The first-order valence-electron chi connectivity index (χ1n) is 5.42. The van der Waals surface area contributed by atoms with Crippen molar-refractivity contribution in [3.8, 4) is 5.75 Å². The molecule has 0 fully saturated rings. The largest absolute Gasteiger partial charge is 0.508 e. The summed E-state index contributed by atoms with van der Waals surface area (Å²) in [6.07, 6.45) is 0. The van der Waals surface area contributed by atoms with Crippen LogP contribution in [0.2, 0.25) is 0 Å². The number of benzene rings is 2. The highest BCUT2D eigenvalue weighted by Gasteiger charge is 1.94. The van der Waals surface area contributed by atoms with Crippen molar-refractivity contribution < 1.29 is 5.11 Å². The van der Waals surface area contributed by atoms with Gasteiger partial charge in [-0.05, 0) is 61.4 Å². The smallest absolute Gasteiger partial charge is 0.115 e. The van der Waals surface area contributed by atoms with Crippen LogP contribution in [0.25, 0.3) is 0 Å². The average molecular weight is 226 g/mol. The number of azo groups is 1. The van der Waals surface area contributed by atoms with E-state index in [-0.39, 0.29) is 5.75 Å². The molecule has 0 saturated carbocycles. The third kappa shape index (κ3) is 3.14. The zero-order chi connectivity index (χ0) is 12.3. The third-order valence-electron chi connectivity index (χ3n) is 2.34. The SMILES string of the molecule is Cc1cc(C)cc(N=Nc2ccc(O)cc2)c1. The minimum absolute atomic E-state index is 0.232. The van der Waals surface area contributed by atoms with Crippen molar-refractivity contribution in [1.82, 2.24) is 0 Å². The first-order chi connectivity index (χ1) is 8.13. The molecule has 0 amide bonds. The molecule has 1 N–H and O–H groups in total. The lowest BCUT2D eigenvalue weighted by Gasteiger charge is -1.98. The molecule has 0 saturated heterocycles. The third-order valence-corrected chi connectivity index (χ3v) is 2.34. The predicted octanol–water partition coefficient (Wildman–Crippen LogP) is 4.42. The Hall–Kier alpha value is -2.16. The van der Waals surface area contributed by atoms with Gasteiger partial charge in [0.15, 0.2) is 0 Å². The van der Waals surface area contributed by atoms with Crippen LogP contribution in [-0.4, -0.2) is 5.11 Å². The highest BCUT2D eigenvalue weighted by molar-refractivity contribution is 5.45. The van der Waals surface area contributed by atoms with Gasteiger partial charge in [0, 0.05) is 0 Å². The van der Waals surface area contributed by atoms with Gasteiger partial charge in [0.25, 0.3) is 0 Å². The average Bonchev–Trinajstić information content (AvgIpc) is 2.27. The summed E-state index contributed by atoms with van der Waals surface area (Å²) >= 11 is 0. The summed E-state index contributed by atoms with van der Waals surface area (Å²) in [7, 11) is 0. The molecule has 0 radical (unpaired) electrons. The lowest BCUT2D eigenvalue weighted by atomic mass is 10.1. The van der Waals surface area contributed by atoms with E-state index in [1.165, 1.54) is 11.1 Å². The van der Waals surface area contributed by atoms with Crippen molar-refractivity contribution in [2.24, 2.45) is 10.2 Å². The van der Waals surface area contributed by atoms with E-state index in [2.05, 4.69) is 16.3 Å². The van der Waals surface area contributed by atoms with Crippen LogP contribution in [-0.2, 0) is 0 Å². The molecule has 0 spiro atoms. The van der Waals surface area contributed by atoms with Crippen molar-refractivity contribution in [3.05, 3.63) is 53.6 Å². The molecule has 0 atom stereocenters. The van der Waals surface area contributed by atoms with E-state index in [0.29, 0.717) is 0 Å². The molecule has 2 aromatic rings. The highest BCUT2D eigenvalue weighted by Crippen LogP contribution is 2.22. The molecule has 3 nitrogen and oxygen atoms in total. The number of aryl methyl sites for hydroxylation is 2. The van der Waals surface area contributed by atoms with Crippen LogP contribution in [0.4, 0.5) is 11.4 Å². The number of aromatic hydroxyl groups is 1. The quantitative estimate of drug-likeness (QED) is 0.756. The fraction of sp³-hybridized carbons (Fsp3) is 0.143. The Morgan fingerprint density at radius 2 is 1.29 bits per heavy atom. The molecule has 0 heterocycles. The lowest BCUT2D eigenvalue weighted by Crippen LogP contribution is -1.75. The van der Waals surface area contributed by atoms with Gasteiger partial charge in [-0.3, -0.25) is 0 Å². The Balaban J connectivity index is 2.22. The summed E-state index contributed by atoms with van der Waals surface area (Å²) in [6, 6.07) is 12.7. The van der Waals surface area contributed by atoms with E-state index in [1.807, 2.05) is 26.0 Å². The Morgan fingerprint density at radius 3 is 1.88 bits per heavy atom. The fourth-order valence-corrected chi connectivity index (χ4v) is 1.64. The number of nitrogens with zero attached hydrogens (tertiary/aromatic N) is 2. The van der Waals surface area contributed by atoms with Gasteiger partial charge in [-0.25, -0.2) is 0 Å². The standard InChI is InChI=1S/C14H14N2O/c1-10-7-11(2)9-13(8-10)16-15-12-3-5-14(17)6-4-12/h3-9,17H,1-2H3. The van der Waals surface area contributed by atoms with Gasteiger partial charge in [-0.2, -0.15) is 10.2 Å². The number of hydrogen-bond acceptors (Lipinski definition) is 3. The van der Waals surface area contributed by atoms with Crippen LogP contribution in [0, 0.1) is 13.8 Å². The monoisotopic (exact) mass is 226 g/mol. The van der Waals surface area contributed by atoms with Crippen molar-refractivity contribution in [3.63, 3.8) is 0 Å². The van der Waals surface area contributed by atoms with Crippen LogP contribution in [0.5, 0.6) is 5.75 Å². The molecular formula is C14H14N2O. The van der Waals surface area contributed by atoms with Gasteiger partial charge in [0.05, 0.1) is 11.4 Å². The van der Waals surface area contributed by atoms with Crippen LogP contribution in [0.1, 0.15) is 11.1 Å². The van der Waals surface area contributed by atoms with E-state index in [4.69, 9.17) is 5.11 Å². The minimum atomic E-state index is 0.232. The van der Waals surface area contributed by atoms with E-state index in [9.17, 15) is 0 Å². The van der Waals surface area contributed by atoms with E-state index in [0.717, 1.165) is 11.4 Å². The zero-order valence-corrected chi connectivity index (χ0v) is 9.88. The minimum Gasteiger partial charge on any atom is -0.508 e. The summed E-state index contributed by atoms with van der Waals surface area (Å²) in [4.78, 5) is 0. The van der Waals surface area contributed by atoms with Crippen molar-refractivity contribution in [2.45, 2.75) is 13.8 Å². The maximum absolute atomic E-state index is 9.14. The topological polar surface area (TPSA) is 45.0 Å². The first kappa shape index (κ1) is 11.3. The second-order valence-electron chi connectivity index (χ2n) is 4.06. The summed E-state index contributed by atoms with van der Waals surface area (Å²) in [5, 5.41) is 17.4. The summed E-state index contributed by atoms with van der Waals surface area (Å²) < 4.78 is 0. The number of phenolic OH excluding ortho intramolecular Hbond substituents is 1. The van der Waals surface area contributed by atoms with Gasteiger partial charge in [0.2, 0.25) is 0 Å². The molecule has 17 heavy (non-hydrogen) atoms. The molecule has 0 aliphatic carbocycles. The van der Waals surface area contributed by atoms with E-state index < -0.39 is 0 Å². The van der Waals surface area contributed by atoms with Gasteiger partial charge in [0.1, 0.15) is 5.75 Å². The maximum Gasteiger partial charge on any atom is 0.115 e. The van der Waals surface area contributed by atoms with Gasteiger partial charge < -0.3 is 5.11 Å². The van der Waals surface area contributed by atoms with E-state index >= 15 is 0 Å². The molecule has 0 bridgehead atoms. The molecule has 0 unspecified atom stereocenters. The molecule has 86 valence electrons. The Morgan fingerprint density at radius 1 is 0.765 bits per heavy atom. The summed E-state index contributed by atoms with van der Waals surface area (Å²) in [5.74, 6) is 0.232. The molecule has 0 aliphatic heterocycles. The molecule has 0 aliphatic rings. The second-order valence-corrected chi connectivity index (χ2v) is 4.06. The van der Waals surface area contributed by atoms with Crippen LogP contribution in [0.15, 0.2) is 52.7 Å². The molecular weight excluding hydrogens is 212 g/mol. The molecule has 2 rings (SSSR count). The first-order valence-corrected chi connectivity index (χ1v) is 5.42. The van der Waals surface area contributed by atoms with E-state index in [1.54, 1.807) is 24.3 Å². The summed E-state index contributed by atoms with van der Waals surface area (Å²) in [6.45, 7) is 4.07. The zero-order valence-electron chi connectivity index (χ0n) is 9.88. The maximum atomic E-state index is 9.14. The number of phenols is 1. The normalized spacial score (nSPS) is 10.9. The number of hydrogen-bond donors (Lipinski definition) is 1. The van der Waals surface area contributed by atoms with Crippen molar-refractivity contribution in [1.29, 1.82) is 0 Å².